The smallest absolute Gasteiger partial charge is 0.273 e. The third-order valence-electron chi connectivity index (χ3n) is 2.31. The molecule has 1 radical (unpaired) electrons. The number of rotatable bonds is 0. The molecule has 0 saturated carbocycles. The van der Waals surface area contributed by atoms with E-state index in [0.717, 1.165) is 6.42 Å². The molecule has 0 amide bonds. The minimum absolute atomic E-state index is 0. The number of benzene rings is 2. The standard InChI is InChI=1S/2C7H7.C5H5.Zr/c2*1-7-5-3-2-4-6-7;1-2-4-5-3-1;/h2*2-3,5-6H,1H3;1-3H,4H2;/q3*-1;+3. The Bertz CT molecular complexity index is 436. The Labute approximate surface area is 142 Å². The first-order valence-electron chi connectivity index (χ1n) is 6.36. The molecule has 99 valence electrons. The zero-order valence-corrected chi connectivity index (χ0v) is 14.5. The molecule has 0 unspecified atom stereocenters. The van der Waals surface area contributed by atoms with Crippen LogP contribution in [0.2, 0.25) is 0 Å². The number of hydrogen-bond donors (Lipinski definition) is 0. The van der Waals surface area contributed by atoms with Gasteiger partial charge in [-0.2, -0.15) is 77.9 Å². The summed E-state index contributed by atoms with van der Waals surface area (Å²) >= 11 is 0. The van der Waals surface area contributed by atoms with E-state index in [-0.39, 0.29) is 26.2 Å². The van der Waals surface area contributed by atoms with Crippen LogP contribution in [0.15, 0.2) is 66.8 Å². The van der Waals surface area contributed by atoms with Gasteiger partial charge in [-0.3, -0.25) is 6.08 Å². The van der Waals surface area contributed by atoms with Crippen molar-refractivity contribution in [2.24, 2.45) is 0 Å². The Hall–Kier alpha value is -1.20. The largest absolute Gasteiger partial charge is 3.00 e. The van der Waals surface area contributed by atoms with Crippen molar-refractivity contribution in [2.45, 2.75) is 20.3 Å². The molecule has 2 aromatic carbocycles. The van der Waals surface area contributed by atoms with Gasteiger partial charge in [-0.1, -0.05) is 13.8 Å². The molecular weight excluding hydrogens is 319 g/mol. The van der Waals surface area contributed by atoms with Gasteiger partial charge >= 0.3 is 26.2 Å². The van der Waals surface area contributed by atoms with Crippen molar-refractivity contribution in [1.29, 1.82) is 0 Å². The monoisotopic (exact) mass is 337 g/mol. The van der Waals surface area contributed by atoms with Crippen LogP contribution in [0.1, 0.15) is 17.5 Å². The number of hydrogen-bond acceptors (Lipinski definition) is 0. The third kappa shape index (κ3) is 10.7. The second-order valence-electron chi connectivity index (χ2n) is 4.16. The molecule has 1 aliphatic rings. The van der Waals surface area contributed by atoms with Crippen molar-refractivity contribution in [3.63, 3.8) is 0 Å². The van der Waals surface area contributed by atoms with Gasteiger partial charge in [0.25, 0.3) is 0 Å². The average Bonchev–Trinajstić information content (AvgIpc) is 3.00. The first-order chi connectivity index (χ1) is 9.29. The quantitative estimate of drug-likeness (QED) is 0.600. The molecule has 0 spiro atoms. The van der Waals surface area contributed by atoms with E-state index in [1.165, 1.54) is 11.1 Å². The fourth-order valence-electron chi connectivity index (χ4n) is 1.31. The molecule has 0 atom stereocenters. The number of aryl methyl sites for hydroxylation is 2. The molecule has 0 N–H and O–H groups in total. The molecule has 0 fully saturated rings. The van der Waals surface area contributed by atoms with E-state index in [1.54, 1.807) is 0 Å². The zero-order chi connectivity index (χ0) is 13.8. The average molecular weight is 339 g/mol. The maximum absolute atomic E-state index is 2.99. The molecule has 0 aliphatic heterocycles. The van der Waals surface area contributed by atoms with Crippen molar-refractivity contribution in [3.8, 4) is 0 Å². The predicted molar refractivity (Wildman–Crippen MR) is 81.6 cm³/mol. The molecule has 1 heteroatoms. The maximum Gasteiger partial charge on any atom is 3.00 e. The second kappa shape index (κ2) is 12.8. The second-order valence-corrected chi connectivity index (χ2v) is 4.16. The van der Waals surface area contributed by atoms with E-state index < -0.39 is 0 Å². The third-order valence-corrected chi connectivity index (χ3v) is 2.31. The molecule has 3 rings (SSSR count). The fourth-order valence-corrected chi connectivity index (χ4v) is 1.31. The summed E-state index contributed by atoms with van der Waals surface area (Å²) in [5.74, 6) is 0. The zero-order valence-electron chi connectivity index (χ0n) is 12.1. The van der Waals surface area contributed by atoms with Crippen LogP contribution < -0.4 is 0 Å². The van der Waals surface area contributed by atoms with Gasteiger partial charge in [0.2, 0.25) is 0 Å². The summed E-state index contributed by atoms with van der Waals surface area (Å²) in [6.07, 6.45) is 10.0. The van der Waals surface area contributed by atoms with Crippen LogP contribution in [-0.4, -0.2) is 0 Å². The molecule has 20 heavy (non-hydrogen) atoms. The molecule has 0 bridgehead atoms. The van der Waals surface area contributed by atoms with Crippen LogP contribution in [0, 0.1) is 32.1 Å². The van der Waals surface area contributed by atoms with Gasteiger partial charge in [0.15, 0.2) is 0 Å². The van der Waals surface area contributed by atoms with Crippen LogP contribution in [0.4, 0.5) is 0 Å². The summed E-state index contributed by atoms with van der Waals surface area (Å²) in [7, 11) is 0. The molecule has 1 aliphatic carbocycles. The summed E-state index contributed by atoms with van der Waals surface area (Å²) in [5, 5.41) is 0. The molecule has 0 aromatic heterocycles. The van der Waals surface area contributed by atoms with Gasteiger partial charge < -0.3 is 0 Å². The fraction of sp³-hybridized carbons (Fsp3) is 0.158. The van der Waals surface area contributed by atoms with Crippen LogP contribution in [0.3, 0.4) is 0 Å². The Kier molecular flexibility index (Phi) is 12.1. The van der Waals surface area contributed by atoms with E-state index in [2.05, 4.69) is 50.3 Å². The van der Waals surface area contributed by atoms with Crippen molar-refractivity contribution in [3.05, 3.63) is 96.1 Å². The SMILES string of the molecule is Cc1c[c-]ccc1.Cc1c[c-]ccc1.[C-]1=CC=CC1.[Zr+3]. The van der Waals surface area contributed by atoms with E-state index in [9.17, 15) is 0 Å². The molecule has 0 saturated heterocycles. The van der Waals surface area contributed by atoms with E-state index in [1.807, 2.05) is 48.6 Å². The van der Waals surface area contributed by atoms with Crippen molar-refractivity contribution in [1.82, 2.24) is 0 Å². The van der Waals surface area contributed by atoms with Crippen molar-refractivity contribution < 1.29 is 26.2 Å². The summed E-state index contributed by atoms with van der Waals surface area (Å²) < 4.78 is 0. The van der Waals surface area contributed by atoms with Crippen LogP contribution in [0.5, 0.6) is 0 Å². The maximum atomic E-state index is 2.99. The van der Waals surface area contributed by atoms with E-state index in [0.29, 0.717) is 0 Å². The summed E-state index contributed by atoms with van der Waals surface area (Å²) in [6, 6.07) is 21.7. The predicted octanol–water partition coefficient (Wildman–Crippen LogP) is 4.89. The Morgan fingerprint density at radius 1 is 0.900 bits per heavy atom. The van der Waals surface area contributed by atoms with E-state index in [4.69, 9.17) is 0 Å². The summed E-state index contributed by atoms with van der Waals surface area (Å²) in [6.45, 7) is 4.10. The van der Waals surface area contributed by atoms with Gasteiger partial charge in [0.05, 0.1) is 0 Å². The summed E-state index contributed by atoms with van der Waals surface area (Å²) in [5.41, 5.74) is 2.53. The van der Waals surface area contributed by atoms with Gasteiger partial charge in [0, 0.05) is 0 Å². The van der Waals surface area contributed by atoms with Crippen molar-refractivity contribution >= 4 is 0 Å². The summed E-state index contributed by atoms with van der Waals surface area (Å²) in [4.78, 5) is 0. The minimum atomic E-state index is 0. The molecular formula is C19H19Zr. The van der Waals surface area contributed by atoms with Crippen LogP contribution >= 0.6 is 0 Å². The first kappa shape index (κ1) is 18.8. The Balaban J connectivity index is 0.000000268. The van der Waals surface area contributed by atoms with Gasteiger partial charge in [-0.05, 0) is 0 Å². The van der Waals surface area contributed by atoms with Crippen LogP contribution in [0.25, 0.3) is 0 Å². The molecule has 0 nitrogen and oxygen atoms in total. The van der Waals surface area contributed by atoms with Gasteiger partial charge in [-0.25, -0.2) is 12.2 Å². The van der Waals surface area contributed by atoms with Crippen LogP contribution in [-0.2, 0) is 26.2 Å². The topological polar surface area (TPSA) is 0 Å². The number of allylic oxidation sites excluding steroid dienone is 4. The normalized spacial score (nSPS) is 10.5. The Morgan fingerprint density at radius 2 is 1.45 bits per heavy atom. The molecule has 2 aromatic rings. The van der Waals surface area contributed by atoms with Crippen molar-refractivity contribution in [2.75, 3.05) is 0 Å². The minimum Gasteiger partial charge on any atom is -0.273 e. The van der Waals surface area contributed by atoms with Gasteiger partial charge in [0.1, 0.15) is 0 Å². The molecule has 0 heterocycles. The Morgan fingerprint density at radius 3 is 1.60 bits per heavy atom. The van der Waals surface area contributed by atoms with E-state index >= 15 is 0 Å². The van der Waals surface area contributed by atoms with Gasteiger partial charge in [-0.15, -0.1) is 6.42 Å². The first-order valence-corrected chi connectivity index (χ1v) is 6.36.